The van der Waals surface area contributed by atoms with Crippen molar-refractivity contribution in [1.29, 1.82) is 0 Å². The summed E-state index contributed by atoms with van der Waals surface area (Å²) in [6.45, 7) is 4.62. The van der Waals surface area contributed by atoms with Gasteiger partial charge in [0.05, 0.1) is 17.7 Å². The third-order valence-electron chi connectivity index (χ3n) is 1.93. The minimum atomic E-state index is 0.262. The van der Waals surface area contributed by atoms with Gasteiger partial charge >= 0.3 is 0 Å². The van der Waals surface area contributed by atoms with Crippen molar-refractivity contribution in [3.63, 3.8) is 0 Å². The quantitative estimate of drug-likeness (QED) is 0.750. The number of aryl methyl sites for hydroxylation is 1. The summed E-state index contributed by atoms with van der Waals surface area (Å²) in [4.78, 5) is 0. The molecule has 13 heavy (non-hydrogen) atoms. The van der Waals surface area contributed by atoms with E-state index in [-0.39, 0.29) is 6.10 Å². The molecule has 0 bridgehead atoms. The molecule has 74 valence electrons. The average Bonchev–Trinajstić information content (AvgIpc) is 2.41. The predicted octanol–water partition coefficient (Wildman–Crippen LogP) is 2.39. The molecule has 0 saturated heterocycles. The highest BCUT2D eigenvalue weighted by Gasteiger charge is 2.06. The molecule has 0 aliphatic heterocycles. The Balaban J connectivity index is 2.49. The van der Waals surface area contributed by atoms with Crippen LogP contribution in [0.4, 0.5) is 0 Å². The van der Waals surface area contributed by atoms with Crippen LogP contribution in [0.2, 0.25) is 5.02 Å². The second-order valence-corrected chi connectivity index (χ2v) is 3.53. The molecule has 0 aliphatic carbocycles. The van der Waals surface area contributed by atoms with Gasteiger partial charge in [-0.25, -0.2) is 0 Å². The summed E-state index contributed by atoms with van der Waals surface area (Å²) in [7, 11) is 1.85. The fourth-order valence-electron chi connectivity index (χ4n) is 0.942. The standard InChI is InChI=1S/C9H15ClN2O/c1-4-7(2)13-6-9-8(10)5-12(3)11-9/h5,7H,4,6H2,1-3H3/t7-/m1/s1. The lowest BCUT2D eigenvalue weighted by Crippen LogP contribution is -2.06. The van der Waals surface area contributed by atoms with Crippen molar-refractivity contribution in [3.05, 3.63) is 16.9 Å². The average molecular weight is 203 g/mol. The molecule has 0 aromatic carbocycles. The van der Waals surface area contributed by atoms with Gasteiger partial charge in [0.1, 0.15) is 5.69 Å². The third-order valence-corrected chi connectivity index (χ3v) is 2.25. The van der Waals surface area contributed by atoms with Gasteiger partial charge in [-0.2, -0.15) is 5.10 Å². The number of rotatable bonds is 4. The van der Waals surface area contributed by atoms with Crippen LogP contribution in [0.25, 0.3) is 0 Å². The molecular formula is C9H15ClN2O. The molecule has 0 spiro atoms. The Morgan fingerprint density at radius 3 is 2.85 bits per heavy atom. The lowest BCUT2D eigenvalue weighted by molar-refractivity contribution is 0.0487. The fourth-order valence-corrected chi connectivity index (χ4v) is 1.18. The Morgan fingerprint density at radius 1 is 1.69 bits per heavy atom. The molecule has 4 heteroatoms. The zero-order chi connectivity index (χ0) is 9.84. The maximum atomic E-state index is 5.91. The number of halogens is 1. The van der Waals surface area contributed by atoms with Gasteiger partial charge in [-0.15, -0.1) is 0 Å². The molecule has 0 fully saturated rings. The van der Waals surface area contributed by atoms with Crippen LogP contribution < -0.4 is 0 Å². The summed E-state index contributed by atoms with van der Waals surface area (Å²) < 4.78 is 7.20. The fraction of sp³-hybridized carbons (Fsp3) is 0.667. The molecule has 1 rings (SSSR count). The summed E-state index contributed by atoms with van der Waals surface area (Å²) in [6, 6.07) is 0. The number of hydrogen-bond donors (Lipinski definition) is 0. The van der Waals surface area contributed by atoms with Gasteiger partial charge < -0.3 is 4.74 Å². The van der Waals surface area contributed by atoms with E-state index in [0.29, 0.717) is 11.6 Å². The molecule has 0 amide bonds. The van der Waals surface area contributed by atoms with Crippen LogP contribution in [0, 0.1) is 0 Å². The van der Waals surface area contributed by atoms with Crippen molar-refractivity contribution in [3.8, 4) is 0 Å². The van der Waals surface area contributed by atoms with E-state index in [1.807, 2.05) is 14.0 Å². The zero-order valence-electron chi connectivity index (χ0n) is 8.25. The maximum Gasteiger partial charge on any atom is 0.107 e. The zero-order valence-corrected chi connectivity index (χ0v) is 9.01. The number of ether oxygens (including phenoxy) is 1. The van der Waals surface area contributed by atoms with E-state index in [9.17, 15) is 0 Å². The highest BCUT2D eigenvalue weighted by Crippen LogP contribution is 2.14. The monoisotopic (exact) mass is 202 g/mol. The Labute approximate surface area is 83.6 Å². The maximum absolute atomic E-state index is 5.91. The molecule has 3 nitrogen and oxygen atoms in total. The van der Waals surface area contributed by atoms with Crippen LogP contribution in [0.15, 0.2) is 6.20 Å². The number of hydrogen-bond acceptors (Lipinski definition) is 2. The van der Waals surface area contributed by atoms with E-state index < -0.39 is 0 Å². The topological polar surface area (TPSA) is 27.1 Å². The third kappa shape index (κ3) is 3.01. The highest BCUT2D eigenvalue weighted by atomic mass is 35.5. The van der Waals surface area contributed by atoms with Crippen molar-refractivity contribution in [1.82, 2.24) is 9.78 Å². The molecule has 1 heterocycles. The molecule has 0 radical (unpaired) electrons. The van der Waals surface area contributed by atoms with E-state index in [1.54, 1.807) is 10.9 Å². The first-order valence-corrected chi connectivity index (χ1v) is 4.81. The van der Waals surface area contributed by atoms with E-state index in [1.165, 1.54) is 0 Å². The minimum Gasteiger partial charge on any atom is -0.372 e. The van der Waals surface area contributed by atoms with E-state index >= 15 is 0 Å². The second-order valence-electron chi connectivity index (χ2n) is 3.13. The van der Waals surface area contributed by atoms with Gasteiger partial charge in [0, 0.05) is 13.2 Å². The summed E-state index contributed by atoms with van der Waals surface area (Å²) in [5, 5.41) is 4.85. The Hall–Kier alpha value is -0.540. The van der Waals surface area contributed by atoms with Crippen LogP contribution in [-0.2, 0) is 18.4 Å². The predicted molar refractivity (Wildman–Crippen MR) is 52.8 cm³/mol. The van der Waals surface area contributed by atoms with Crippen LogP contribution >= 0.6 is 11.6 Å². The van der Waals surface area contributed by atoms with Crippen LogP contribution in [-0.4, -0.2) is 15.9 Å². The van der Waals surface area contributed by atoms with Crippen LogP contribution in [0.3, 0.4) is 0 Å². The molecule has 1 aromatic rings. The first kappa shape index (κ1) is 10.5. The molecule has 1 atom stereocenters. The van der Waals surface area contributed by atoms with Crippen molar-refractivity contribution >= 4 is 11.6 Å². The minimum absolute atomic E-state index is 0.262. The van der Waals surface area contributed by atoms with Crippen molar-refractivity contribution in [2.24, 2.45) is 7.05 Å². The van der Waals surface area contributed by atoms with E-state index in [2.05, 4.69) is 12.0 Å². The normalized spacial score (nSPS) is 13.2. The number of aromatic nitrogens is 2. The molecular weight excluding hydrogens is 188 g/mol. The summed E-state index contributed by atoms with van der Waals surface area (Å²) in [6.07, 6.45) is 3.04. The lowest BCUT2D eigenvalue weighted by Gasteiger charge is -2.08. The molecule has 1 aromatic heterocycles. The molecule has 0 N–H and O–H groups in total. The van der Waals surface area contributed by atoms with E-state index in [4.69, 9.17) is 16.3 Å². The molecule has 0 aliphatic rings. The van der Waals surface area contributed by atoms with Gasteiger partial charge in [0.2, 0.25) is 0 Å². The van der Waals surface area contributed by atoms with E-state index in [0.717, 1.165) is 12.1 Å². The van der Waals surface area contributed by atoms with Crippen molar-refractivity contribution in [2.45, 2.75) is 33.0 Å². The smallest absolute Gasteiger partial charge is 0.107 e. The summed E-state index contributed by atoms with van der Waals surface area (Å²) in [5.74, 6) is 0. The summed E-state index contributed by atoms with van der Waals surface area (Å²) in [5.41, 5.74) is 0.810. The summed E-state index contributed by atoms with van der Waals surface area (Å²) >= 11 is 5.91. The van der Waals surface area contributed by atoms with Gasteiger partial charge in [0.25, 0.3) is 0 Å². The number of nitrogens with zero attached hydrogens (tertiary/aromatic N) is 2. The van der Waals surface area contributed by atoms with Gasteiger partial charge in [-0.05, 0) is 13.3 Å². The Bertz CT molecular complexity index is 273. The Morgan fingerprint density at radius 2 is 2.38 bits per heavy atom. The Kier molecular flexibility index (Phi) is 3.75. The SMILES string of the molecule is CC[C@@H](C)OCc1nn(C)cc1Cl. The second kappa shape index (κ2) is 4.63. The molecule has 0 unspecified atom stereocenters. The first-order valence-electron chi connectivity index (χ1n) is 4.43. The highest BCUT2D eigenvalue weighted by molar-refractivity contribution is 6.31. The van der Waals surface area contributed by atoms with Gasteiger partial charge in [-0.3, -0.25) is 4.68 Å². The lowest BCUT2D eigenvalue weighted by atomic mass is 10.3. The van der Waals surface area contributed by atoms with Gasteiger partial charge in [-0.1, -0.05) is 18.5 Å². The van der Waals surface area contributed by atoms with Crippen LogP contribution in [0.1, 0.15) is 26.0 Å². The largest absolute Gasteiger partial charge is 0.372 e. The first-order chi connectivity index (χ1) is 6.13. The van der Waals surface area contributed by atoms with Crippen LogP contribution in [0.5, 0.6) is 0 Å². The van der Waals surface area contributed by atoms with Gasteiger partial charge in [0.15, 0.2) is 0 Å². The molecule has 0 saturated carbocycles. The van der Waals surface area contributed by atoms with Crippen molar-refractivity contribution in [2.75, 3.05) is 0 Å². The van der Waals surface area contributed by atoms with Crippen molar-refractivity contribution < 1.29 is 4.74 Å².